The van der Waals surface area contributed by atoms with E-state index in [0.717, 1.165) is 39.6 Å². The van der Waals surface area contributed by atoms with Crippen molar-refractivity contribution in [2.75, 3.05) is 19.1 Å². The molecular weight excluding hydrogens is 362 g/mol. The van der Waals surface area contributed by atoms with E-state index in [2.05, 4.69) is 0 Å². The van der Waals surface area contributed by atoms with Crippen molar-refractivity contribution in [2.24, 2.45) is 0 Å². The Balaban J connectivity index is 1.69. The molecule has 0 spiro atoms. The van der Waals surface area contributed by atoms with Gasteiger partial charge in [0.1, 0.15) is 11.6 Å². The molecule has 1 aliphatic rings. The van der Waals surface area contributed by atoms with Gasteiger partial charge in [-0.05, 0) is 48.5 Å². The summed E-state index contributed by atoms with van der Waals surface area (Å²) in [7, 11) is 3.45. The number of anilines is 1. The van der Waals surface area contributed by atoms with Gasteiger partial charge in [0.15, 0.2) is 0 Å². The van der Waals surface area contributed by atoms with Gasteiger partial charge in [-0.1, -0.05) is 24.3 Å². The molecule has 2 aromatic heterocycles. The average Bonchev–Trinajstić information content (AvgIpc) is 3.25. The van der Waals surface area contributed by atoms with E-state index in [9.17, 15) is 4.79 Å². The van der Waals surface area contributed by atoms with Gasteiger partial charge in [-0.3, -0.25) is 9.20 Å². The fourth-order valence-corrected chi connectivity index (χ4v) is 3.79. The molecule has 0 saturated heterocycles. The van der Waals surface area contributed by atoms with Crippen molar-refractivity contribution in [3.05, 3.63) is 84.2 Å². The molecule has 2 aromatic carbocycles. The fourth-order valence-electron chi connectivity index (χ4n) is 3.79. The Labute approximate surface area is 168 Å². The fraction of sp³-hybridized carbons (Fsp3) is 0.0833. The summed E-state index contributed by atoms with van der Waals surface area (Å²) >= 11 is 0. The highest BCUT2D eigenvalue weighted by molar-refractivity contribution is 6.35. The molecule has 0 saturated carbocycles. The van der Waals surface area contributed by atoms with Crippen molar-refractivity contribution in [2.45, 2.75) is 0 Å². The first-order chi connectivity index (χ1) is 14.2. The second-order valence-corrected chi connectivity index (χ2v) is 6.94. The van der Waals surface area contributed by atoms with Gasteiger partial charge in [0.05, 0.1) is 29.6 Å². The van der Waals surface area contributed by atoms with Crippen LogP contribution >= 0.6 is 0 Å². The third-order valence-electron chi connectivity index (χ3n) is 5.30. The van der Waals surface area contributed by atoms with E-state index in [1.54, 1.807) is 19.1 Å². The van der Waals surface area contributed by atoms with Crippen molar-refractivity contribution < 1.29 is 9.53 Å². The summed E-state index contributed by atoms with van der Waals surface area (Å²) < 4.78 is 7.31. The number of ether oxygens (including phenoxy) is 1. The highest BCUT2D eigenvalue weighted by Crippen LogP contribution is 2.37. The average molecular weight is 381 g/mol. The summed E-state index contributed by atoms with van der Waals surface area (Å²) in [6.45, 7) is 0. The molecule has 3 heterocycles. The molecule has 5 heteroatoms. The molecule has 1 aliphatic heterocycles. The molecule has 0 N–H and O–H groups in total. The molecule has 0 unspecified atom stereocenters. The number of carbonyl (C=O) groups excluding carboxylic acids is 1. The summed E-state index contributed by atoms with van der Waals surface area (Å²) in [5.74, 6) is 1.60. The summed E-state index contributed by atoms with van der Waals surface area (Å²) in [5.41, 5.74) is 5.21. The standard InChI is InChI=1S/C24H19N3O2/c1-26-21-8-4-3-7-18(21)19(24(26)28)15-20-22-9-5-6-14-27(22)23(25-20)16-10-12-17(29-2)13-11-16/h3-15H,1-2H3/b19-15+. The van der Waals surface area contributed by atoms with Crippen molar-refractivity contribution in [1.29, 1.82) is 0 Å². The zero-order valence-electron chi connectivity index (χ0n) is 16.2. The molecule has 29 heavy (non-hydrogen) atoms. The number of benzene rings is 2. The lowest BCUT2D eigenvalue weighted by molar-refractivity contribution is -0.112. The SMILES string of the molecule is COc1ccc(-c2nc(/C=C3/C(=O)N(C)c4ccccc43)c3ccccn23)cc1. The number of hydrogen-bond acceptors (Lipinski definition) is 3. The number of methoxy groups -OCH3 is 1. The molecular formula is C24H19N3O2. The van der Waals surface area contributed by atoms with Gasteiger partial charge in [0.2, 0.25) is 0 Å². The molecule has 142 valence electrons. The van der Waals surface area contributed by atoms with Crippen LogP contribution in [0.4, 0.5) is 5.69 Å². The van der Waals surface area contributed by atoms with Crippen LogP contribution in [0, 0.1) is 0 Å². The second kappa shape index (κ2) is 6.63. The Hall–Kier alpha value is -3.86. The van der Waals surface area contributed by atoms with Gasteiger partial charge in [-0.2, -0.15) is 0 Å². The quantitative estimate of drug-likeness (QED) is 0.490. The van der Waals surface area contributed by atoms with Crippen molar-refractivity contribution in [3.63, 3.8) is 0 Å². The van der Waals surface area contributed by atoms with Crippen LogP contribution in [0.25, 0.3) is 28.6 Å². The van der Waals surface area contributed by atoms with Gasteiger partial charge in [-0.15, -0.1) is 0 Å². The summed E-state index contributed by atoms with van der Waals surface area (Å²) in [6, 6.07) is 21.6. The van der Waals surface area contributed by atoms with Crippen LogP contribution in [0.1, 0.15) is 11.3 Å². The molecule has 0 bridgehead atoms. The molecule has 5 nitrogen and oxygen atoms in total. The van der Waals surface area contributed by atoms with Gasteiger partial charge < -0.3 is 9.64 Å². The minimum absolute atomic E-state index is 0.0192. The topological polar surface area (TPSA) is 46.8 Å². The number of pyridine rings is 1. The normalized spacial score (nSPS) is 14.6. The Bertz CT molecular complexity index is 1270. The number of carbonyl (C=O) groups is 1. The Kier molecular flexibility index (Phi) is 3.95. The largest absolute Gasteiger partial charge is 0.497 e. The molecule has 0 radical (unpaired) electrons. The van der Waals surface area contributed by atoms with E-state index in [1.807, 2.05) is 83.4 Å². The Morgan fingerprint density at radius 1 is 0.966 bits per heavy atom. The van der Waals surface area contributed by atoms with E-state index >= 15 is 0 Å². The highest BCUT2D eigenvalue weighted by atomic mass is 16.5. The molecule has 0 atom stereocenters. The van der Waals surface area contributed by atoms with Crippen LogP contribution in [0.5, 0.6) is 5.75 Å². The maximum Gasteiger partial charge on any atom is 0.258 e. The first-order valence-electron chi connectivity index (χ1n) is 9.38. The summed E-state index contributed by atoms with van der Waals surface area (Å²) in [6.07, 6.45) is 3.88. The van der Waals surface area contributed by atoms with Crippen molar-refractivity contribution in [1.82, 2.24) is 9.38 Å². The van der Waals surface area contributed by atoms with Crippen molar-refractivity contribution in [3.8, 4) is 17.1 Å². The van der Waals surface area contributed by atoms with Crippen LogP contribution in [0.3, 0.4) is 0 Å². The number of rotatable bonds is 3. The lowest BCUT2D eigenvalue weighted by Crippen LogP contribution is -2.20. The van der Waals surface area contributed by atoms with E-state index in [-0.39, 0.29) is 5.91 Å². The van der Waals surface area contributed by atoms with Gasteiger partial charge in [0.25, 0.3) is 5.91 Å². The number of nitrogens with zero attached hydrogens (tertiary/aromatic N) is 3. The Morgan fingerprint density at radius 2 is 1.72 bits per heavy atom. The van der Waals surface area contributed by atoms with Crippen LogP contribution in [-0.2, 0) is 4.79 Å². The first kappa shape index (κ1) is 17.3. The van der Waals surface area contributed by atoms with E-state index in [1.165, 1.54) is 0 Å². The highest BCUT2D eigenvalue weighted by Gasteiger charge is 2.29. The third-order valence-corrected chi connectivity index (χ3v) is 5.30. The van der Waals surface area contributed by atoms with Crippen LogP contribution in [0.15, 0.2) is 72.9 Å². The van der Waals surface area contributed by atoms with Gasteiger partial charge in [-0.25, -0.2) is 4.98 Å². The van der Waals surface area contributed by atoms with Crippen LogP contribution in [-0.4, -0.2) is 29.4 Å². The zero-order valence-corrected chi connectivity index (χ0v) is 16.2. The molecule has 5 rings (SSSR count). The van der Waals surface area contributed by atoms with Gasteiger partial charge in [0, 0.05) is 24.4 Å². The molecule has 0 fully saturated rings. The Morgan fingerprint density at radius 3 is 2.52 bits per heavy atom. The minimum Gasteiger partial charge on any atom is -0.497 e. The maximum atomic E-state index is 12.9. The van der Waals surface area contributed by atoms with E-state index in [4.69, 9.17) is 9.72 Å². The first-order valence-corrected chi connectivity index (χ1v) is 9.38. The molecule has 0 aliphatic carbocycles. The number of para-hydroxylation sites is 1. The van der Waals surface area contributed by atoms with Crippen molar-refractivity contribution >= 4 is 28.8 Å². The molecule has 4 aromatic rings. The predicted molar refractivity (Wildman–Crippen MR) is 115 cm³/mol. The smallest absolute Gasteiger partial charge is 0.258 e. The van der Waals surface area contributed by atoms with Gasteiger partial charge >= 0.3 is 0 Å². The molecule has 1 amide bonds. The lowest BCUT2D eigenvalue weighted by atomic mass is 10.1. The number of fused-ring (bicyclic) bond motifs is 2. The minimum atomic E-state index is -0.0192. The number of hydrogen-bond donors (Lipinski definition) is 0. The van der Waals surface area contributed by atoms with E-state index in [0.29, 0.717) is 5.57 Å². The van der Waals surface area contributed by atoms with E-state index < -0.39 is 0 Å². The monoisotopic (exact) mass is 381 g/mol. The summed E-state index contributed by atoms with van der Waals surface area (Å²) in [5, 5.41) is 0. The second-order valence-electron chi connectivity index (χ2n) is 6.94. The lowest BCUT2D eigenvalue weighted by Gasteiger charge is -2.07. The number of likely N-dealkylation sites (N-methyl/N-ethyl adjacent to an activating group) is 1. The zero-order chi connectivity index (χ0) is 20.0. The third kappa shape index (κ3) is 2.70. The maximum absolute atomic E-state index is 12.9. The van der Waals surface area contributed by atoms with Crippen LogP contribution in [0.2, 0.25) is 0 Å². The predicted octanol–water partition coefficient (Wildman–Crippen LogP) is 4.53. The van der Waals surface area contributed by atoms with Crippen LogP contribution < -0.4 is 9.64 Å². The number of imidazole rings is 1. The number of amides is 1. The summed E-state index contributed by atoms with van der Waals surface area (Å²) in [4.78, 5) is 19.4. The number of aromatic nitrogens is 2.